The molecule has 3 aromatic rings. The highest BCUT2D eigenvalue weighted by Crippen LogP contribution is 2.31. The number of hydrogen-bond acceptors (Lipinski definition) is 6. The van der Waals surface area contributed by atoms with E-state index >= 15 is 0 Å². The van der Waals surface area contributed by atoms with Crippen molar-refractivity contribution in [3.8, 4) is 11.5 Å². The fourth-order valence-corrected chi connectivity index (χ4v) is 3.17. The molecule has 0 bridgehead atoms. The number of rotatable bonds is 7. The lowest BCUT2D eigenvalue weighted by Crippen LogP contribution is -2.29. The van der Waals surface area contributed by atoms with Crippen molar-refractivity contribution in [2.45, 2.75) is 20.3 Å². The van der Waals surface area contributed by atoms with E-state index in [1.165, 1.54) is 0 Å². The Hall–Kier alpha value is -2.41. The van der Waals surface area contributed by atoms with Crippen molar-refractivity contribution in [1.82, 2.24) is 15.3 Å². The van der Waals surface area contributed by atoms with Gasteiger partial charge in [0, 0.05) is 19.5 Å². The quantitative estimate of drug-likeness (QED) is 0.641. The van der Waals surface area contributed by atoms with Crippen LogP contribution in [0.4, 0.5) is 5.95 Å². The van der Waals surface area contributed by atoms with Crippen molar-refractivity contribution in [3.05, 3.63) is 29.8 Å². The van der Waals surface area contributed by atoms with Gasteiger partial charge in [-0.3, -0.25) is 4.79 Å². The van der Waals surface area contributed by atoms with Crippen molar-refractivity contribution >= 4 is 33.4 Å². The van der Waals surface area contributed by atoms with Crippen LogP contribution < -0.4 is 10.6 Å². The zero-order valence-electron chi connectivity index (χ0n) is 13.7. The Morgan fingerprint density at radius 2 is 2.17 bits per heavy atom. The minimum atomic E-state index is 0.0669. The summed E-state index contributed by atoms with van der Waals surface area (Å²) in [5, 5.41) is 8.04. The first-order valence-electron chi connectivity index (χ1n) is 7.93. The largest absolute Gasteiger partial charge is 0.463 e. The molecule has 0 radical (unpaired) electrons. The van der Waals surface area contributed by atoms with E-state index in [-0.39, 0.29) is 5.91 Å². The summed E-state index contributed by atoms with van der Waals surface area (Å²) in [6, 6.07) is 5.69. The van der Waals surface area contributed by atoms with Crippen LogP contribution in [-0.2, 0) is 4.79 Å². The molecule has 0 aliphatic carbocycles. The number of thiophene rings is 1. The smallest absolute Gasteiger partial charge is 0.224 e. The van der Waals surface area contributed by atoms with Crippen LogP contribution in [0.3, 0.4) is 0 Å². The van der Waals surface area contributed by atoms with Crippen LogP contribution in [0, 0.1) is 5.92 Å². The van der Waals surface area contributed by atoms with Crippen LogP contribution in [0.5, 0.6) is 0 Å². The van der Waals surface area contributed by atoms with Crippen LogP contribution in [0.25, 0.3) is 21.7 Å². The molecule has 0 spiro atoms. The molecule has 7 heteroatoms. The van der Waals surface area contributed by atoms with Gasteiger partial charge in [-0.05, 0) is 29.5 Å². The Morgan fingerprint density at radius 3 is 2.92 bits per heavy atom. The van der Waals surface area contributed by atoms with Crippen LogP contribution in [0.15, 0.2) is 34.3 Å². The van der Waals surface area contributed by atoms with Gasteiger partial charge < -0.3 is 15.1 Å². The third-order valence-corrected chi connectivity index (χ3v) is 4.29. The monoisotopic (exact) mass is 344 g/mol. The maximum Gasteiger partial charge on any atom is 0.224 e. The average Bonchev–Trinajstić information content (AvgIpc) is 3.21. The summed E-state index contributed by atoms with van der Waals surface area (Å²) < 4.78 is 6.48. The molecule has 0 saturated carbocycles. The summed E-state index contributed by atoms with van der Waals surface area (Å²) >= 11 is 1.59. The lowest BCUT2D eigenvalue weighted by atomic mass is 10.1. The molecule has 24 heavy (non-hydrogen) atoms. The van der Waals surface area contributed by atoms with E-state index in [9.17, 15) is 4.79 Å². The highest BCUT2D eigenvalue weighted by atomic mass is 32.1. The lowest BCUT2D eigenvalue weighted by molar-refractivity contribution is -0.121. The van der Waals surface area contributed by atoms with Gasteiger partial charge in [0.25, 0.3) is 0 Å². The number of nitrogens with one attached hydrogen (secondary N) is 2. The van der Waals surface area contributed by atoms with E-state index in [4.69, 9.17) is 4.42 Å². The lowest BCUT2D eigenvalue weighted by Gasteiger charge is -2.09. The van der Waals surface area contributed by atoms with Gasteiger partial charge in [-0.1, -0.05) is 13.8 Å². The molecule has 0 saturated heterocycles. The molecule has 6 nitrogen and oxygen atoms in total. The average molecular weight is 344 g/mol. The topological polar surface area (TPSA) is 80.0 Å². The van der Waals surface area contributed by atoms with Crippen molar-refractivity contribution in [2.75, 3.05) is 18.4 Å². The van der Waals surface area contributed by atoms with Crippen molar-refractivity contribution in [3.63, 3.8) is 0 Å². The number of amides is 1. The zero-order chi connectivity index (χ0) is 16.9. The van der Waals surface area contributed by atoms with Crippen molar-refractivity contribution < 1.29 is 9.21 Å². The number of carbonyl (C=O) groups is 1. The number of aromatic nitrogens is 2. The number of nitrogens with zero attached hydrogens (tertiary/aromatic N) is 2. The van der Waals surface area contributed by atoms with Gasteiger partial charge in [-0.25, -0.2) is 9.97 Å². The van der Waals surface area contributed by atoms with Gasteiger partial charge >= 0.3 is 0 Å². The maximum atomic E-state index is 11.6. The molecule has 0 unspecified atom stereocenters. The predicted molar refractivity (Wildman–Crippen MR) is 96.1 cm³/mol. The van der Waals surface area contributed by atoms with Gasteiger partial charge in [0.2, 0.25) is 11.9 Å². The van der Waals surface area contributed by atoms with Crippen LogP contribution >= 0.6 is 11.3 Å². The zero-order valence-corrected chi connectivity index (χ0v) is 14.5. The molecular formula is C17H20N4O2S. The van der Waals surface area contributed by atoms with E-state index in [0.29, 0.717) is 31.4 Å². The first kappa shape index (κ1) is 16.4. The highest BCUT2D eigenvalue weighted by molar-refractivity contribution is 7.17. The molecule has 0 fully saturated rings. The maximum absolute atomic E-state index is 11.6. The Balaban J connectivity index is 1.66. The normalized spacial score (nSPS) is 11.1. The number of anilines is 1. The van der Waals surface area contributed by atoms with Crippen molar-refractivity contribution in [1.29, 1.82) is 0 Å². The molecule has 3 aromatic heterocycles. The third kappa shape index (κ3) is 3.91. The highest BCUT2D eigenvalue weighted by Gasteiger charge is 2.13. The van der Waals surface area contributed by atoms with Gasteiger partial charge in [-0.2, -0.15) is 0 Å². The molecule has 2 N–H and O–H groups in total. The minimum absolute atomic E-state index is 0.0669. The summed E-state index contributed by atoms with van der Waals surface area (Å²) in [5.41, 5.74) is 1.67. The van der Waals surface area contributed by atoms with E-state index in [0.717, 1.165) is 21.7 Å². The van der Waals surface area contributed by atoms with Crippen LogP contribution in [-0.4, -0.2) is 29.0 Å². The molecule has 1 amide bonds. The Labute approximate surface area is 144 Å². The molecule has 3 rings (SSSR count). The second-order valence-corrected chi connectivity index (χ2v) is 6.80. The second-order valence-electron chi connectivity index (χ2n) is 5.88. The molecule has 0 aromatic carbocycles. The molecule has 0 aliphatic rings. The first-order valence-corrected chi connectivity index (χ1v) is 8.81. The predicted octanol–water partition coefficient (Wildman–Crippen LogP) is 3.53. The molecule has 3 heterocycles. The van der Waals surface area contributed by atoms with Gasteiger partial charge in [0.1, 0.15) is 5.69 Å². The Kier molecular flexibility index (Phi) is 5.10. The van der Waals surface area contributed by atoms with Crippen molar-refractivity contribution in [2.24, 2.45) is 5.92 Å². The number of hydrogen-bond donors (Lipinski definition) is 2. The minimum Gasteiger partial charge on any atom is -0.463 e. The van der Waals surface area contributed by atoms with Gasteiger partial charge in [-0.15, -0.1) is 11.3 Å². The first-order chi connectivity index (χ1) is 11.6. The molecule has 126 valence electrons. The van der Waals surface area contributed by atoms with E-state index in [1.54, 1.807) is 17.6 Å². The summed E-state index contributed by atoms with van der Waals surface area (Å²) in [6.07, 6.45) is 2.17. The molecular weight excluding hydrogens is 324 g/mol. The number of carbonyl (C=O) groups excluding carboxylic acids is 1. The van der Waals surface area contributed by atoms with Gasteiger partial charge in [0.15, 0.2) is 5.76 Å². The second kappa shape index (κ2) is 7.44. The van der Waals surface area contributed by atoms with Crippen LogP contribution in [0.2, 0.25) is 0 Å². The Bertz CT molecular complexity index is 811. The van der Waals surface area contributed by atoms with E-state index < -0.39 is 0 Å². The molecule has 0 aliphatic heterocycles. The summed E-state index contributed by atoms with van der Waals surface area (Å²) in [6.45, 7) is 5.15. The number of furan rings is 1. The summed E-state index contributed by atoms with van der Waals surface area (Å²) in [7, 11) is 0. The Morgan fingerprint density at radius 1 is 1.29 bits per heavy atom. The third-order valence-electron chi connectivity index (χ3n) is 3.38. The number of fused-ring (bicyclic) bond motifs is 1. The standard InChI is InChI=1S/C17H20N4O2S/c1-11(2)10-14(22)18-6-7-19-17-20-12-5-9-24-16(12)15(21-17)13-4-3-8-23-13/h3-5,8-9,11H,6-7,10H2,1-2H3,(H,18,22)(H,19,20,21). The fraction of sp³-hybridized carbons (Fsp3) is 0.353. The summed E-state index contributed by atoms with van der Waals surface area (Å²) in [5.74, 6) is 1.68. The SMILES string of the molecule is CC(C)CC(=O)NCCNc1nc(-c2ccco2)c2sccc2n1. The molecule has 0 atom stereocenters. The van der Waals surface area contributed by atoms with E-state index in [2.05, 4.69) is 20.6 Å². The van der Waals surface area contributed by atoms with E-state index in [1.807, 2.05) is 37.4 Å². The van der Waals surface area contributed by atoms with Crippen LogP contribution in [0.1, 0.15) is 20.3 Å². The summed E-state index contributed by atoms with van der Waals surface area (Å²) in [4.78, 5) is 20.7. The van der Waals surface area contributed by atoms with Gasteiger partial charge in [0.05, 0.1) is 16.5 Å². The fourth-order valence-electron chi connectivity index (χ4n) is 2.34.